The number of guanidine groups is 1. The first-order chi connectivity index (χ1) is 12.8. The van der Waals surface area contributed by atoms with Crippen LogP contribution in [0, 0.1) is 0 Å². The van der Waals surface area contributed by atoms with Crippen molar-refractivity contribution >= 4 is 17.6 Å². The van der Waals surface area contributed by atoms with E-state index in [2.05, 4.69) is 4.99 Å². The average Bonchev–Trinajstić information content (AvgIpc) is 3.16. The molecule has 0 spiro atoms. The number of carbonyl (C=O) groups is 2. The van der Waals surface area contributed by atoms with Gasteiger partial charge in [0.2, 0.25) is 0 Å². The Hall–Kier alpha value is -3.16. The molecule has 3 rings (SSSR count). The van der Waals surface area contributed by atoms with Crippen molar-refractivity contribution in [2.24, 2.45) is 10.7 Å². The van der Waals surface area contributed by atoms with Crippen molar-refractivity contribution in [2.75, 3.05) is 13.7 Å². The van der Waals surface area contributed by atoms with Gasteiger partial charge in [-0.1, -0.05) is 12.1 Å². The summed E-state index contributed by atoms with van der Waals surface area (Å²) in [7, 11) is 1.51. The molecule has 0 saturated heterocycles. The lowest BCUT2D eigenvalue weighted by atomic mass is 9.84. The van der Waals surface area contributed by atoms with E-state index in [1.165, 1.54) is 31.0 Å². The second kappa shape index (κ2) is 6.86. The number of Topliss-reactive ketones (excluding diaryl/α,β-unsaturated/α-hetero) is 1. The maximum absolute atomic E-state index is 13.1. The zero-order valence-electron chi connectivity index (χ0n) is 15.1. The van der Waals surface area contributed by atoms with Gasteiger partial charge in [-0.15, -0.1) is 0 Å². The Morgan fingerprint density at radius 2 is 2.07 bits per heavy atom. The largest absolute Gasteiger partial charge is 0.508 e. The highest BCUT2D eigenvalue weighted by molar-refractivity contribution is 6.09. The number of aromatic hydroxyl groups is 1. The molecule has 1 aromatic heterocycles. The van der Waals surface area contributed by atoms with E-state index >= 15 is 0 Å². The fourth-order valence-corrected chi connectivity index (χ4v) is 3.34. The second-order valence-corrected chi connectivity index (χ2v) is 6.50. The molecular formula is C19H21FN4O3. The van der Waals surface area contributed by atoms with Crippen LogP contribution in [0.2, 0.25) is 0 Å². The van der Waals surface area contributed by atoms with Crippen molar-refractivity contribution in [2.45, 2.75) is 25.4 Å². The molecule has 1 aliphatic heterocycles. The molecule has 0 saturated carbocycles. The van der Waals surface area contributed by atoms with Crippen molar-refractivity contribution in [1.29, 1.82) is 0 Å². The van der Waals surface area contributed by atoms with Gasteiger partial charge in [-0.05, 0) is 30.2 Å². The third-order valence-corrected chi connectivity index (χ3v) is 4.71. The maximum atomic E-state index is 13.1. The molecule has 0 radical (unpaired) electrons. The summed E-state index contributed by atoms with van der Waals surface area (Å²) in [5, 5.41) is 9.91. The van der Waals surface area contributed by atoms with E-state index in [0.29, 0.717) is 23.4 Å². The van der Waals surface area contributed by atoms with E-state index in [4.69, 9.17) is 5.73 Å². The van der Waals surface area contributed by atoms with E-state index in [-0.39, 0.29) is 23.9 Å². The Balaban J connectivity index is 2.24. The van der Waals surface area contributed by atoms with Gasteiger partial charge < -0.3 is 15.4 Å². The topological polar surface area (TPSA) is 101 Å². The predicted octanol–water partition coefficient (Wildman–Crippen LogP) is 1.79. The number of carbonyl (C=O) groups excluding carboxylic acids is 2. The molecule has 1 unspecified atom stereocenters. The van der Waals surface area contributed by atoms with Crippen LogP contribution in [0.15, 0.2) is 41.5 Å². The van der Waals surface area contributed by atoms with Crippen LogP contribution in [0.4, 0.5) is 4.39 Å². The molecule has 1 atom stereocenters. The summed E-state index contributed by atoms with van der Waals surface area (Å²) in [6, 6.07) is 7.79. The first-order valence-electron chi connectivity index (χ1n) is 8.51. The molecule has 7 nitrogen and oxygen atoms in total. The van der Waals surface area contributed by atoms with Crippen LogP contribution in [0.1, 0.15) is 35.0 Å². The quantitative estimate of drug-likeness (QED) is 0.755. The summed E-state index contributed by atoms with van der Waals surface area (Å²) in [4.78, 5) is 30.9. The van der Waals surface area contributed by atoms with Crippen LogP contribution in [-0.4, -0.2) is 45.9 Å². The highest BCUT2D eigenvalue weighted by Crippen LogP contribution is 2.41. The lowest BCUT2D eigenvalue weighted by Gasteiger charge is -2.24. The van der Waals surface area contributed by atoms with E-state index in [1.807, 2.05) is 0 Å². The minimum absolute atomic E-state index is 0.0216. The summed E-state index contributed by atoms with van der Waals surface area (Å²) in [5.74, 6) is -0.596. The van der Waals surface area contributed by atoms with Crippen molar-refractivity contribution in [3.63, 3.8) is 0 Å². The fourth-order valence-electron chi connectivity index (χ4n) is 3.34. The number of halogens is 1. The number of nitrogens with two attached hydrogens (primary N) is 1. The number of amides is 1. The number of alkyl halides is 1. The van der Waals surface area contributed by atoms with Gasteiger partial charge in [0.15, 0.2) is 17.3 Å². The highest BCUT2D eigenvalue weighted by atomic mass is 19.1. The summed E-state index contributed by atoms with van der Waals surface area (Å²) < 4.78 is 14.3. The van der Waals surface area contributed by atoms with E-state index in [9.17, 15) is 19.1 Å². The van der Waals surface area contributed by atoms with Gasteiger partial charge in [-0.3, -0.25) is 18.9 Å². The molecule has 0 aliphatic carbocycles. The zero-order valence-corrected chi connectivity index (χ0v) is 15.1. The number of hydrogen-bond acceptors (Lipinski definition) is 5. The Labute approximate surface area is 155 Å². The SMILES string of the molecule is CC(=O)c1cc(C2(c3cccc(O)c3)N=C(N)N(C)C2=O)cn1CCCF. The van der Waals surface area contributed by atoms with Crippen molar-refractivity contribution in [1.82, 2.24) is 9.47 Å². The van der Waals surface area contributed by atoms with Crippen LogP contribution in [-0.2, 0) is 16.9 Å². The van der Waals surface area contributed by atoms with E-state index in [1.54, 1.807) is 29.0 Å². The van der Waals surface area contributed by atoms with Crippen LogP contribution in [0.25, 0.3) is 0 Å². The number of ketones is 1. The van der Waals surface area contributed by atoms with Crippen LogP contribution >= 0.6 is 0 Å². The first-order valence-corrected chi connectivity index (χ1v) is 8.51. The number of likely N-dealkylation sites (N-methyl/N-ethyl adjacent to an activating group) is 1. The number of aliphatic imine (C=N–C) groups is 1. The normalized spacial score (nSPS) is 19.4. The molecule has 2 aromatic rings. The molecule has 27 heavy (non-hydrogen) atoms. The van der Waals surface area contributed by atoms with Gasteiger partial charge in [0.05, 0.1) is 12.4 Å². The number of hydrogen-bond donors (Lipinski definition) is 2. The molecule has 3 N–H and O–H groups in total. The maximum Gasteiger partial charge on any atom is 0.266 e. The summed E-state index contributed by atoms with van der Waals surface area (Å²) >= 11 is 0. The van der Waals surface area contributed by atoms with Crippen LogP contribution < -0.4 is 5.73 Å². The third-order valence-electron chi connectivity index (χ3n) is 4.71. The molecule has 1 amide bonds. The number of benzene rings is 1. The number of phenols is 1. The summed E-state index contributed by atoms with van der Waals surface area (Å²) in [6.07, 6.45) is 1.87. The second-order valence-electron chi connectivity index (χ2n) is 6.50. The smallest absolute Gasteiger partial charge is 0.266 e. The number of rotatable bonds is 6. The third kappa shape index (κ3) is 2.97. The molecule has 142 valence electrons. The lowest BCUT2D eigenvalue weighted by molar-refractivity contribution is -0.129. The highest BCUT2D eigenvalue weighted by Gasteiger charge is 2.50. The minimum Gasteiger partial charge on any atom is -0.508 e. The number of aromatic nitrogens is 1. The van der Waals surface area contributed by atoms with Crippen LogP contribution in [0.3, 0.4) is 0 Å². The molecule has 8 heteroatoms. The summed E-state index contributed by atoms with van der Waals surface area (Å²) in [6.45, 7) is 1.19. The van der Waals surface area contributed by atoms with Gasteiger partial charge in [0, 0.05) is 32.3 Å². The van der Waals surface area contributed by atoms with Crippen LogP contribution in [0.5, 0.6) is 5.75 Å². The Morgan fingerprint density at radius 3 is 2.63 bits per heavy atom. The van der Waals surface area contributed by atoms with E-state index in [0.717, 1.165) is 0 Å². The monoisotopic (exact) mass is 372 g/mol. The Kier molecular flexibility index (Phi) is 4.73. The zero-order chi connectivity index (χ0) is 19.8. The molecule has 1 aromatic carbocycles. The van der Waals surface area contributed by atoms with Gasteiger partial charge >= 0.3 is 0 Å². The Bertz CT molecular complexity index is 937. The number of aryl methyl sites for hydroxylation is 1. The average molecular weight is 372 g/mol. The van der Waals surface area contributed by atoms with Gasteiger partial charge in [-0.2, -0.15) is 0 Å². The minimum atomic E-state index is -1.51. The van der Waals surface area contributed by atoms with Crippen molar-refractivity contribution in [3.8, 4) is 5.75 Å². The van der Waals surface area contributed by atoms with Gasteiger partial charge in [0.1, 0.15) is 5.75 Å². The lowest BCUT2D eigenvalue weighted by Crippen LogP contribution is -2.41. The fraction of sp³-hybridized carbons (Fsp3) is 0.316. The predicted molar refractivity (Wildman–Crippen MR) is 98.3 cm³/mol. The van der Waals surface area contributed by atoms with Gasteiger partial charge in [-0.25, -0.2) is 4.99 Å². The van der Waals surface area contributed by atoms with Crippen molar-refractivity contribution < 1.29 is 19.1 Å². The molecule has 0 fully saturated rings. The summed E-state index contributed by atoms with van der Waals surface area (Å²) in [5.41, 5.74) is 5.62. The first kappa shape index (κ1) is 18.6. The number of nitrogens with zero attached hydrogens (tertiary/aromatic N) is 3. The molecule has 1 aliphatic rings. The van der Waals surface area contributed by atoms with Crippen molar-refractivity contribution in [3.05, 3.63) is 53.3 Å². The standard InChI is InChI=1S/C19H21FN4O3/c1-12(25)16-10-14(11-24(16)8-4-7-20)19(13-5-3-6-15(26)9-13)17(27)23(2)18(21)22-19/h3,5-6,9-11,26H,4,7-8H2,1-2H3,(H2,21,22). The van der Waals surface area contributed by atoms with E-state index < -0.39 is 18.1 Å². The molecular weight excluding hydrogens is 351 g/mol. The number of phenolic OH excluding ortho intramolecular Hbond substituents is 1. The molecule has 0 bridgehead atoms. The molecule has 2 heterocycles. The van der Waals surface area contributed by atoms with Gasteiger partial charge in [0.25, 0.3) is 5.91 Å². The Morgan fingerprint density at radius 1 is 1.33 bits per heavy atom.